The molecule has 0 fully saturated rings. The van der Waals surface area contributed by atoms with Crippen LogP contribution in [0.5, 0.6) is 0 Å². The fourth-order valence-electron chi connectivity index (χ4n) is 0.354. The van der Waals surface area contributed by atoms with E-state index in [4.69, 9.17) is 0 Å². The van der Waals surface area contributed by atoms with Gasteiger partial charge in [0.1, 0.15) is 0 Å². The fourth-order valence-corrected chi connectivity index (χ4v) is 1.06. The van der Waals surface area contributed by atoms with Crippen LogP contribution < -0.4 is 0 Å². The molecule has 0 radical (unpaired) electrons. The molecule has 0 aliphatic rings. The van der Waals surface area contributed by atoms with E-state index in [0.29, 0.717) is 4.75 Å². The molecule has 0 aromatic rings. The molecule has 0 saturated carbocycles. The van der Waals surface area contributed by atoms with E-state index in [0.717, 1.165) is 5.57 Å². The predicted octanol–water partition coefficient (Wildman–Crippen LogP) is 3.61. The van der Waals surface area contributed by atoms with E-state index in [9.17, 15) is 0 Å². The first kappa shape index (κ1) is 9.83. The first-order valence-electron chi connectivity index (χ1n) is 3.42. The molecule has 0 saturated heterocycles. The molecule has 1 heteroatoms. The van der Waals surface area contributed by atoms with Gasteiger partial charge in [-0.15, -0.1) is 11.8 Å². The zero-order valence-electron chi connectivity index (χ0n) is 7.27. The van der Waals surface area contributed by atoms with Crippen molar-refractivity contribution in [1.29, 1.82) is 0 Å². The van der Waals surface area contributed by atoms with Crippen LogP contribution >= 0.6 is 11.8 Å². The SMILES string of the molecule is C=C(C)/C=C\SC(C)(C)C. The van der Waals surface area contributed by atoms with Crippen molar-refractivity contribution in [2.45, 2.75) is 32.4 Å². The lowest BCUT2D eigenvalue weighted by Crippen LogP contribution is -2.04. The van der Waals surface area contributed by atoms with Gasteiger partial charge in [-0.2, -0.15) is 0 Å². The quantitative estimate of drug-likeness (QED) is 0.550. The van der Waals surface area contributed by atoms with Crippen LogP contribution in [0.3, 0.4) is 0 Å². The highest BCUT2D eigenvalue weighted by molar-refractivity contribution is 8.03. The number of hydrogen-bond donors (Lipinski definition) is 0. The minimum atomic E-state index is 0.325. The van der Waals surface area contributed by atoms with E-state index in [2.05, 4.69) is 32.8 Å². The molecule has 10 heavy (non-hydrogen) atoms. The minimum absolute atomic E-state index is 0.325. The first-order valence-corrected chi connectivity index (χ1v) is 4.30. The Morgan fingerprint density at radius 1 is 1.40 bits per heavy atom. The van der Waals surface area contributed by atoms with Crippen LogP contribution in [-0.2, 0) is 0 Å². The van der Waals surface area contributed by atoms with E-state index < -0.39 is 0 Å². The van der Waals surface area contributed by atoms with Crippen molar-refractivity contribution < 1.29 is 0 Å². The van der Waals surface area contributed by atoms with Crippen LogP contribution in [0, 0.1) is 0 Å². The van der Waals surface area contributed by atoms with Gasteiger partial charge in [0.25, 0.3) is 0 Å². The lowest BCUT2D eigenvalue weighted by molar-refractivity contribution is 0.807. The third kappa shape index (κ3) is 7.83. The van der Waals surface area contributed by atoms with Crippen molar-refractivity contribution in [2.75, 3.05) is 0 Å². The van der Waals surface area contributed by atoms with E-state index in [1.165, 1.54) is 0 Å². The molecule has 0 spiro atoms. The minimum Gasteiger partial charge on any atom is -0.128 e. The molecular formula is C9H16S. The Labute approximate surface area is 68.4 Å². The van der Waals surface area contributed by atoms with Gasteiger partial charge in [0.2, 0.25) is 0 Å². The zero-order chi connectivity index (χ0) is 8.20. The van der Waals surface area contributed by atoms with Crippen LogP contribution in [-0.4, -0.2) is 4.75 Å². The average molecular weight is 156 g/mol. The summed E-state index contributed by atoms with van der Waals surface area (Å²) in [6.07, 6.45) is 2.04. The predicted molar refractivity (Wildman–Crippen MR) is 51.3 cm³/mol. The van der Waals surface area contributed by atoms with E-state index >= 15 is 0 Å². The topological polar surface area (TPSA) is 0 Å². The summed E-state index contributed by atoms with van der Waals surface area (Å²) in [6.45, 7) is 12.4. The average Bonchev–Trinajstić information content (AvgIpc) is 1.59. The first-order chi connectivity index (χ1) is 4.42. The molecule has 58 valence electrons. The van der Waals surface area contributed by atoms with E-state index in [1.54, 1.807) is 0 Å². The Bertz CT molecular complexity index is 137. The molecule has 0 rings (SSSR count). The summed E-state index contributed by atoms with van der Waals surface area (Å²) >= 11 is 1.82. The lowest BCUT2D eigenvalue weighted by atomic mass is 10.3. The van der Waals surface area contributed by atoms with Crippen molar-refractivity contribution in [3.63, 3.8) is 0 Å². The largest absolute Gasteiger partial charge is 0.128 e. The second kappa shape index (κ2) is 3.87. The van der Waals surface area contributed by atoms with Crippen LogP contribution in [0.4, 0.5) is 0 Å². The van der Waals surface area contributed by atoms with Gasteiger partial charge >= 0.3 is 0 Å². The van der Waals surface area contributed by atoms with Crippen molar-refractivity contribution in [3.8, 4) is 0 Å². The smallest absolute Gasteiger partial charge is 0.0116 e. The van der Waals surface area contributed by atoms with E-state index in [1.807, 2.05) is 24.8 Å². The lowest BCUT2D eigenvalue weighted by Gasteiger charge is -2.13. The summed E-state index contributed by atoms with van der Waals surface area (Å²) in [7, 11) is 0. The zero-order valence-corrected chi connectivity index (χ0v) is 8.09. The number of allylic oxidation sites excluding steroid dienone is 2. The van der Waals surface area contributed by atoms with Crippen LogP contribution in [0.15, 0.2) is 23.6 Å². The monoisotopic (exact) mass is 156 g/mol. The second-order valence-electron chi connectivity index (χ2n) is 3.38. The molecule has 0 aliphatic carbocycles. The third-order valence-electron chi connectivity index (χ3n) is 0.774. The molecular weight excluding hydrogens is 140 g/mol. The maximum Gasteiger partial charge on any atom is 0.0116 e. The maximum atomic E-state index is 3.77. The highest BCUT2D eigenvalue weighted by atomic mass is 32.2. The molecule has 0 N–H and O–H groups in total. The molecule has 0 atom stereocenters. The van der Waals surface area contributed by atoms with Crippen molar-refractivity contribution in [2.24, 2.45) is 0 Å². The molecule has 0 amide bonds. The maximum absolute atomic E-state index is 3.77. The summed E-state index contributed by atoms with van der Waals surface area (Å²) in [5.41, 5.74) is 1.11. The van der Waals surface area contributed by atoms with Crippen LogP contribution in [0.25, 0.3) is 0 Å². The second-order valence-corrected chi connectivity index (χ2v) is 5.11. The molecule has 0 aromatic carbocycles. The van der Waals surface area contributed by atoms with Gasteiger partial charge < -0.3 is 0 Å². The highest BCUT2D eigenvalue weighted by Gasteiger charge is 2.06. The fraction of sp³-hybridized carbons (Fsp3) is 0.556. The number of hydrogen-bond acceptors (Lipinski definition) is 1. The van der Waals surface area contributed by atoms with Crippen LogP contribution in [0.2, 0.25) is 0 Å². The Balaban J connectivity index is 3.64. The van der Waals surface area contributed by atoms with Crippen molar-refractivity contribution in [3.05, 3.63) is 23.6 Å². The Morgan fingerprint density at radius 3 is 2.20 bits per heavy atom. The van der Waals surface area contributed by atoms with Gasteiger partial charge in [-0.05, 0) is 12.3 Å². The molecule has 0 nitrogen and oxygen atoms in total. The molecule has 0 bridgehead atoms. The number of thioether (sulfide) groups is 1. The molecule has 0 aromatic heterocycles. The molecule has 0 heterocycles. The van der Waals surface area contributed by atoms with Gasteiger partial charge in [-0.25, -0.2) is 0 Å². The highest BCUT2D eigenvalue weighted by Crippen LogP contribution is 2.24. The molecule has 0 unspecified atom stereocenters. The normalized spacial score (nSPS) is 12.4. The van der Waals surface area contributed by atoms with E-state index in [-0.39, 0.29) is 0 Å². The third-order valence-corrected chi connectivity index (χ3v) is 1.75. The van der Waals surface area contributed by atoms with Gasteiger partial charge in [0.05, 0.1) is 0 Å². The van der Waals surface area contributed by atoms with Gasteiger partial charge in [0.15, 0.2) is 0 Å². The standard InChI is InChI=1S/C9H16S/c1-8(2)6-7-10-9(3,4)5/h6-7H,1H2,2-5H3/b7-6-. The van der Waals surface area contributed by atoms with Gasteiger partial charge in [-0.3, -0.25) is 0 Å². The summed E-state index contributed by atoms with van der Waals surface area (Å²) in [5, 5.41) is 2.10. The van der Waals surface area contributed by atoms with Gasteiger partial charge in [0, 0.05) is 4.75 Å². The summed E-state index contributed by atoms with van der Waals surface area (Å²) < 4.78 is 0.325. The Kier molecular flexibility index (Phi) is 3.80. The summed E-state index contributed by atoms with van der Waals surface area (Å²) in [5.74, 6) is 0. The molecule has 0 aliphatic heterocycles. The van der Waals surface area contributed by atoms with Crippen molar-refractivity contribution in [1.82, 2.24) is 0 Å². The van der Waals surface area contributed by atoms with Crippen molar-refractivity contribution >= 4 is 11.8 Å². The number of rotatable bonds is 2. The summed E-state index contributed by atoms with van der Waals surface area (Å²) in [6, 6.07) is 0. The Hall–Kier alpha value is -0.170. The van der Waals surface area contributed by atoms with Gasteiger partial charge in [-0.1, -0.05) is 39.0 Å². The Morgan fingerprint density at radius 2 is 1.90 bits per heavy atom. The van der Waals surface area contributed by atoms with Crippen LogP contribution in [0.1, 0.15) is 27.7 Å². The summed E-state index contributed by atoms with van der Waals surface area (Å²) in [4.78, 5) is 0.